The maximum absolute atomic E-state index is 10.4. The third-order valence-corrected chi connectivity index (χ3v) is 2.43. The average Bonchev–Trinajstić information content (AvgIpc) is 2.30. The van der Waals surface area contributed by atoms with Gasteiger partial charge in [-0.25, -0.2) is 4.79 Å². The molecule has 0 aromatic heterocycles. The second-order valence-electron chi connectivity index (χ2n) is 4.08. The molecule has 5 heteroatoms. The highest BCUT2D eigenvalue weighted by Crippen LogP contribution is 2.05. The fourth-order valence-corrected chi connectivity index (χ4v) is 1.49. The highest BCUT2D eigenvalue weighted by molar-refractivity contribution is 5.64. The van der Waals surface area contributed by atoms with Crippen molar-refractivity contribution in [1.29, 1.82) is 0 Å². The van der Waals surface area contributed by atoms with Crippen LogP contribution in [0.15, 0.2) is 0 Å². The molecular weight excluding hydrogens is 222 g/mol. The quantitative estimate of drug-likeness (QED) is 0.546. The van der Waals surface area contributed by atoms with Gasteiger partial charge in [-0.1, -0.05) is 39.0 Å². The summed E-state index contributed by atoms with van der Waals surface area (Å²) < 4.78 is 9.92. The molecule has 0 fully saturated rings. The van der Waals surface area contributed by atoms with Crippen molar-refractivity contribution in [2.75, 3.05) is 19.8 Å². The van der Waals surface area contributed by atoms with Crippen LogP contribution in [0, 0.1) is 0 Å². The molecule has 0 heterocycles. The summed E-state index contributed by atoms with van der Waals surface area (Å²) in [5, 5.41) is 8.86. The monoisotopic (exact) mass is 247 g/mol. The largest absolute Gasteiger partial charge is 0.441 e. The molecule has 0 saturated heterocycles. The third kappa shape index (κ3) is 11.5. The molecule has 0 aliphatic rings. The molecule has 0 aromatic rings. The van der Waals surface area contributed by atoms with Gasteiger partial charge in [-0.15, -0.1) is 0 Å². The van der Waals surface area contributed by atoms with Crippen LogP contribution in [0.2, 0.25) is 0 Å². The van der Waals surface area contributed by atoms with Gasteiger partial charge in [-0.2, -0.15) is 0 Å². The van der Waals surface area contributed by atoms with Crippen LogP contribution in [0.3, 0.4) is 0 Å². The SMILES string of the molecule is CCCCCCCCOCC(CO)OC(N)=O. The average molecular weight is 247 g/mol. The van der Waals surface area contributed by atoms with Crippen LogP contribution in [0.1, 0.15) is 45.4 Å². The number of unbranched alkanes of at least 4 members (excludes halogenated alkanes) is 5. The van der Waals surface area contributed by atoms with Gasteiger partial charge in [-0.3, -0.25) is 0 Å². The van der Waals surface area contributed by atoms with E-state index in [1.54, 1.807) is 0 Å². The van der Waals surface area contributed by atoms with Gasteiger partial charge in [0.1, 0.15) is 6.10 Å². The molecule has 0 aromatic carbocycles. The molecule has 17 heavy (non-hydrogen) atoms. The minimum atomic E-state index is -0.882. The molecule has 5 nitrogen and oxygen atoms in total. The van der Waals surface area contributed by atoms with Gasteiger partial charge in [0.05, 0.1) is 13.2 Å². The molecule has 0 bridgehead atoms. The van der Waals surface area contributed by atoms with Crippen LogP contribution in [-0.2, 0) is 9.47 Å². The Morgan fingerprint density at radius 1 is 1.24 bits per heavy atom. The van der Waals surface area contributed by atoms with E-state index < -0.39 is 12.2 Å². The number of carbonyl (C=O) groups excluding carboxylic acids is 1. The third-order valence-electron chi connectivity index (χ3n) is 2.43. The first-order valence-electron chi connectivity index (χ1n) is 6.35. The topological polar surface area (TPSA) is 81.8 Å². The highest BCUT2D eigenvalue weighted by atomic mass is 16.6. The molecule has 0 radical (unpaired) electrons. The molecule has 0 aliphatic carbocycles. The molecule has 1 unspecified atom stereocenters. The van der Waals surface area contributed by atoms with E-state index in [9.17, 15) is 4.79 Å². The summed E-state index contributed by atoms with van der Waals surface area (Å²) in [5.74, 6) is 0. The lowest BCUT2D eigenvalue weighted by Crippen LogP contribution is -2.30. The lowest BCUT2D eigenvalue weighted by Gasteiger charge is -2.13. The van der Waals surface area contributed by atoms with Gasteiger partial charge in [0.2, 0.25) is 0 Å². The first kappa shape index (κ1) is 16.2. The predicted octanol–water partition coefficient (Wildman–Crippen LogP) is 1.82. The number of hydrogen-bond acceptors (Lipinski definition) is 4. The van der Waals surface area contributed by atoms with Gasteiger partial charge in [0.15, 0.2) is 0 Å². The molecule has 102 valence electrons. The van der Waals surface area contributed by atoms with Crippen molar-refractivity contribution in [2.45, 2.75) is 51.6 Å². The predicted molar refractivity (Wildman–Crippen MR) is 65.7 cm³/mol. The highest BCUT2D eigenvalue weighted by Gasteiger charge is 2.10. The fraction of sp³-hybridized carbons (Fsp3) is 0.917. The molecule has 3 N–H and O–H groups in total. The Labute approximate surface area is 103 Å². The Morgan fingerprint density at radius 2 is 1.88 bits per heavy atom. The Morgan fingerprint density at radius 3 is 2.47 bits per heavy atom. The summed E-state index contributed by atoms with van der Waals surface area (Å²) >= 11 is 0. The Kier molecular flexibility index (Phi) is 11.1. The van der Waals surface area contributed by atoms with Crippen molar-refractivity contribution in [3.8, 4) is 0 Å². The fourth-order valence-electron chi connectivity index (χ4n) is 1.49. The van der Waals surface area contributed by atoms with E-state index in [-0.39, 0.29) is 13.2 Å². The molecule has 1 amide bonds. The molecule has 0 aliphatic heterocycles. The van der Waals surface area contributed by atoms with E-state index in [1.807, 2.05) is 0 Å². The Balaban J connectivity index is 3.28. The summed E-state index contributed by atoms with van der Waals surface area (Å²) in [6, 6.07) is 0. The van der Waals surface area contributed by atoms with Crippen molar-refractivity contribution in [3.63, 3.8) is 0 Å². The van der Waals surface area contributed by atoms with E-state index in [4.69, 9.17) is 15.6 Å². The minimum Gasteiger partial charge on any atom is -0.441 e. The summed E-state index contributed by atoms with van der Waals surface area (Å²) in [7, 11) is 0. The Bertz CT molecular complexity index is 187. The van der Waals surface area contributed by atoms with Gasteiger partial charge >= 0.3 is 6.09 Å². The van der Waals surface area contributed by atoms with E-state index >= 15 is 0 Å². The first-order valence-corrected chi connectivity index (χ1v) is 6.35. The van der Waals surface area contributed by atoms with E-state index in [1.165, 1.54) is 25.7 Å². The zero-order valence-corrected chi connectivity index (χ0v) is 10.7. The van der Waals surface area contributed by atoms with Crippen LogP contribution in [-0.4, -0.2) is 37.1 Å². The maximum Gasteiger partial charge on any atom is 0.404 e. The van der Waals surface area contributed by atoms with Crippen molar-refractivity contribution in [1.82, 2.24) is 0 Å². The zero-order valence-electron chi connectivity index (χ0n) is 10.7. The van der Waals surface area contributed by atoms with Crippen LogP contribution in [0.25, 0.3) is 0 Å². The molecule has 0 rings (SSSR count). The van der Waals surface area contributed by atoms with Crippen LogP contribution in [0.4, 0.5) is 4.79 Å². The van der Waals surface area contributed by atoms with Gasteiger partial charge in [0, 0.05) is 6.61 Å². The standard InChI is InChI=1S/C12H25NO4/c1-2-3-4-5-6-7-8-16-10-11(9-14)17-12(13)15/h11,14H,2-10H2,1H3,(H2,13,15). The number of primary amides is 1. The van der Waals surface area contributed by atoms with E-state index in [0.29, 0.717) is 6.61 Å². The normalized spacial score (nSPS) is 12.4. The van der Waals surface area contributed by atoms with Gasteiger partial charge in [0.25, 0.3) is 0 Å². The molecule has 1 atom stereocenters. The minimum absolute atomic E-state index is 0.203. The number of nitrogens with two attached hydrogens (primary N) is 1. The van der Waals surface area contributed by atoms with Crippen LogP contribution >= 0.6 is 0 Å². The maximum atomic E-state index is 10.4. The molecule has 0 spiro atoms. The van der Waals surface area contributed by atoms with E-state index in [2.05, 4.69) is 11.7 Å². The van der Waals surface area contributed by atoms with Crippen LogP contribution < -0.4 is 5.73 Å². The van der Waals surface area contributed by atoms with Crippen molar-refractivity contribution >= 4 is 6.09 Å². The summed E-state index contributed by atoms with van der Waals surface area (Å²) in [5.41, 5.74) is 4.84. The van der Waals surface area contributed by atoms with Crippen molar-refractivity contribution < 1.29 is 19.4 Å². The second-order valence-corrected chi connectivity index (χ2v) is 4.08. The van der Waals surface area contributed by atoms with Gasteiger partial charge < -0.3 is 20.3 Å². The number of rotatable bonds is 11. The van der Waals surface area contributed by atoms with Gasteiger partial charge in [-0.05, 0) is 6.42 Å². The lowest BCUT2D eigenvalue weighted by atomic mass is 10.1. The number of aliphatic hydroxyl groups is 1. The summed E-state index contributed by atoms with van der Waals surface area (Å²) in [6.45, 7) is 2.76. The number of aliphatic hydroxyl groups excluding tert-OH is 1. The number of carbonyl (C=O) groups is 1. The number of hydrogen-bond donors (Lipinski definition) is 2. The van der Waals surface area contributed by atoms with E-state index in [0.717, 1.165) is 12.8 Å². The molecular formula is C12H25NO4. The molecule has 0 saturated carbocycles. The zero-order chi connectivity index (χ0) is 12.9. The van der Waals surface area contributed by atoms with Crippen molar-refractivity contribution in [3.05, 3.63) is 0 Å². The second kappa shape index (κ2) is 11.7. The number of ether oxygens (including phenoxy) is 2. The number of amides is 1. The summed E-state index contributed by atoms with van der Waals surface area (Å²) in [6.07, 6.45) is 5.68. The Hall–Kier alpha value is -0.810. The first-order chi connectivity index (χ1) is 8.20. The van der Waals surface area contributed by atoms with Crippen molar-refractivity contribution in [2.24, 2.45) is 5.73 Å². The summed E-state index contributed by atoms with van der Waals surface area (Å²) in [4.78, 5) is 10.4. The smallest absolute Gasteiger partial charge is 0.404 e. The lowest BCUT2D eigenvalue weighted by molar-refractivity contribution is -0.00463. The van der Waals surface area contributed by atoms with Crippen LogP contribution in [0.5, 0.6) is 0 Å².